The number of aryl methyl sites for hydroxylation is 1. The van der Waals surface area contributed by atoms with Gasteiger partial charge < -0.3 is 9.47 Å². The second-order valence-electron chi connectivity index (χ2n) is 9.58. The van der Waals surface area contributed by atoms with Crippen LogP contribution in [0.1, 0.15) is 12.6 Å². The van der Waals surface area contributed by atoms with E-state index < -0.39 is 18.1 Å². The minimum atomic E-state index is -4.18. The van der Waals surface area contributed by atoms with E-state index in [1.165, 1.54) is 32.4 Å². The Morgan fingerprint density at radius 3 is 2.49 bits per heavy atom. The summed E-state index contributed by atoms with van der Waals surface area (Å²) in [4.78, 5) is 15.1. The molecule has 0 radical (unpaired) electrons. The zero-order valence-electron chi connectivity index (χ0n) is 21.8. The second-order valence-corrected chi connectivity index (χ2v) is 17.1. The van der Waals surface area contributed by atoms with E-state index in [1.807, 2.05) is 6.07 Å². The predicted molar refractivity (Wildman–Crippen MR) is 144 cm³/mol. The third-order valence-electron chi connectivity index (χ3n) is 5.46. The zero-order chi connectivity index (χ0) is 27.4. The van der Waals surface area contributed by atoms with E-state index >= 15 is 0 Å². The van der Waals surface area contributed by atoms with Crippen molar-refractivity contribution in [2.45, 2.75) is 37.5 Å². The van der Waals surface area contributed by atoms with Crippen LogP contribution in [0, 0.1) is 5.41 Å². The fourth-order valence-corrected chi connectivity index (χ4v) is 5.50. The number of carbonyl (C=O) groups excluding carboxylic acids is 1. The highest BCUT2D eigenvalue weighted by Gasteiger charge is 2.31. The molecule has 0 aliphatic heterocycles. The molecule has 0 aliphatic rings. The molecule has 1 amide bonds. The minimum Gasteiger partial charge on any atom is -0.494 e. The highest BCUT2D eigenvalue weighted by atomic mass is 32.2. The Labute approximate surface area is 217 Å². The lowest BCUT2D eigenvalue weighted by Crippen LogP contribution is -2.40. The Morgan fingerprint density at radius 2 is 1.89 bits per heavy atom. The van der Waals surface area contributed by atoms with Crippen LogP contribution in [0.15, 0.2) is 41.6 Å². The van der Waals surface area contributed by atoms with Crippen molar-refractivity contribution in [2.75, 3.05) is 24.8 Å². The Bertz CT molecular complexity index is 1380. The van der Waals surface area contributed by atoms with Gasteiger partial charge in [-0.15, -0.1) is 0 Å². The number of hydrazine groups is 1. The molecular formula is C23H33N7O5SSi. The standard InChI is InChI=1S/C23H33N7O5SSi/c1-16(31)27-28-23(24)19-9-8-18(14-25-19)36(32,33)30(15-35-11-12-37(4,5)6)22-20(34-3)10-7-17-13-26-29(2)21(17)22/h7-10,13-14H,11-12,15H2,1-6H3,(H2,24,28)(H,27,31). The number of ether oxygens (including phenoxy) is 2. The molecule has 37 heavy (non-hydrogen) atoms. The summed E-state index contributed by atoms with van der Waals surface area (Å²) >= 11 is 0. The first kappa shape index (κ1) is 28.1. The molecule has 0 spiro atoms. The van der Waals surface area contributed by atoms with Crippen LogP contribution in [-0.4, -0.2) is 63.4 Å². The van der Waals surface area contributed by atoms with Crippen molar-refractivity contribution < 1.29 is 22.7 Å². The third kappa shape index (κ3) is 6.64. The summed E-state index contributed by atoms with van der Waals surface area (Å²) in [7, 11) is -2.38. The number of sulfonamides is 1. The van der Waals surface area contributed by atoms with Crippen LogP contribution in [0.5, 0.6) is 5.75 Å². The van der Waals surface area contributed by atoms with Crippen molar-refractivity contribution in [1.29, 1.82) is 5.41 Å². The molecular weight excluding hydrogens is 514 g/mol. The molecule has 0 unspecified atom stereocenters. The van der Waals surface area contributed by atoms with Gasteiger partial charge in [-0.25, -0.2) is 12.7 Å². The Morgan fingerprint density at radius 1 is 1.16 bits per heavy atom. The Kier molecular flexibility index (Phi) is 8.56. The number of carbonyl (C=O) groups is 1. The van der Waals surface area contributed by atoms with Gasteiger partial charge in [-0.1, -0.05) is 19.6 Å². The average molecular weight is 548 g/mol. The van der Waals surface area contributed by atoms with Crippen LogP contribution in [0.25, 0.3) is 10.9 Å². The van der Waals surface area contributed by atoms with E-state index in [-0.39, 0.29) is 29.1 Å². The summed E-state index contributed by atoms with van der Waals surface area (Å²) in [5.74, 6) is -0.224. The number of amidine groups is 1. The van der Waals surface area contributed by atoms with Gasteiger partial charge in [0.25, 0.3) is 10.0 Å². The summed E-state index contributed by atoms with van der Waals surface area (Å²) in [6.07, 6.45) is 2.82. The minimum absolute atomic E-state index is 0.0985. The van der Waals surface area contributed by atoms with Crippen molar-refractivity contribution >= 4 is 46.4 Å². The van der Waals surface area contributed by atoms with Crippen LogP contribution >= 0.6 is 0 Å². The number of methoxy groups -OCH3 is 1. The van der Waals surface area contributed by atoms with E-state index in [9.17, 15) is 13.2 Å². The summed E-state index contributed by atoms with van der Waals surface area (Å²) in [5.41, 5.74) is 5.72. The Hall–Kier alpha value is -3.49. The molecule has 0 bridgehead atoms. The molecule has 0 atom stereocenters. The number of pyridine rings is 1. The highest BCUT2D eigenvalue weighted by Crippen LogP contribution is 2.39. The number of nitrogens with zero attached hydrogens (tertiary/aromatic N) is 4. The number of nitrogens with one attached hydrogen (secondary N) is 3. The zero-order valence-corrected chi connectivity index (χ0v) is 23.6. The highest BCUT2D eigenvalue weighted by molar-refractivity contribution is 7.92. The number of hydrogen-bond acceptors (Lipinski definition) is 8. The first-order valence-electron chi connectivity index (χ1n) is 11.5. The summed E-state index contributed by atoms with van der Waals surface area (Å²) in [6.45, 7) is 8.12. The molecule has 200 valence electrons. The van der Waals surface area contributed by atoms with Crippen LogP contribution < -0.4 is 19.9 Å². The molecule has 0 aliphatic carbocycles. The SMILES string of the molecule is COc1ccc2cnn(C)c2c1N(COCC[Si](C)(C)C)S(=O)(=O)c1ccc(C(=N)NNC(C)=O)nc1. The van der Waals surface area contributed by atoms with Crippen molar-refractivity contribution in [3.63, 3.8) is 0 Å². The smallest absolute Gasteiger partial charge is 0.267 e. The molecule has 3 rings (SSSR count). The normalized spacial score (nSPS) is 11.8. The molecule has 0 saturated carbocycles. The maximum absolute atomic E-state index is 14.0. The fourth-order valence-electron chi connectivity index (χ4n) is 3.44. The predicted octanol–water partition coefficient (Wildman–Crippen LogP) is 2.45. The maximum Gasteiger partial charge on any atom is 0.267 e. The molecule has 2 aromatic heterocycles. The van der Waals surface area contributed by atoms with Gasteiger partial charge in [-0.3, -0.25) is 30.7 Å². The number of benzene rings is 1. The van der Waals surface area contributed by atoms with Crippen molar-refractivity contribution in [2.24, 2.45) is 7.05 Å². The monoisotopic (exact) mass is 547 g/mol. The second kappa shape index (κ2) is 11.3. The van der Waals surface area contributed by atoms with Crippen molar-refractivity contribution in [3.8, 4) is 5.75 Å². The van der Waals surface area contributed by atoms with Gasteiger partial charge in [0.2, 0.25) is 5.91 Å². The average Bonchev–Trinajstić information content (AvgIpc) is 3.22. The van der Waals surface area contributed by atoms with Gasteiger partial charge in [0, 0.05) is 40.2 Å². The molecule has 14 heteroatoms. The summed E-state index contributed by atoms with van der Waals surface area (Å²) < 4.78 is 42.2. The van der Waals surface area contributed by atoms with Gasteiger partial charge in [0.05, 0.1) is 18.8 Å². The molecule has 3 aromatic rings. The molecule has 1 aromatic carbocycles. The lowest BCUT2D eigenvalue weighted by molar-refractivity contribution is -0.119. The van der Waals surface area contributed by atoms with Gasteiger partial charge in [-0.05, 0) is 30.3 Å². The molecule has 12 nitrogen and oxygen atoms in total. The lowest BCUT2D eigenvalue weighted by Gasteiger charge is -2.27. The first-order valence-corrected chi connectivity index (χ1v) is 16.7. The van der Waals surface area contributed by atoms with Crippen LogP contribution in [0.4, 0.5) is 5.69 Å². The number of amides is 1. The van der Waals surface area contributed by atoms with Gasteiger partial charge in [0.1, 0.15) is 28.8 Å². The quantitative estimate of drug-likeness (QED) is 0.0874. The Balaban J connectivity index is 2.03. The lowest BCUT2D eigenvalue weighted by atomic mass is 10.2. The van der Waals surface area contributed by atoms with E-state index in [0.29, 0.717) is 23.6 Å². The van der Waals surface area contributed by atoms with Gasteiger partial charge >= 0.3 is 0 Å². The number of fused-ring (bicyclic) bond motifs is 1. The van der Waals surface area contributed by atoms with E-state index in [4.69, 9.17) is 14.9 Å². The van der Waals surface area contributed by atoms with Crippen molar-refractivity contribution in [1.82, 2.24) is 25.6 Å². The summed E-state index contributed by atoms with van der Waals surface area (Å²) in [6, 6.07) is 7.11. The molecule has 0 fully saturated rings. The number of aromatic nitrogens is 3. The van der Waals surface area contributed by atoms with Gasteiger partial charge in [0.15, 0.2) is 5.84 Å². The van der Waals surface area contributed by atoms with Crippen LogP contribution in [0.3, 0.4) is 0 Å². The van der Waals surface area contributed by atoms with E-state index in [1.54, 1.807) is 24.0 Å². The molecule has 3 N–H and O–H groups in total. The fraction of sp³-hybridized carbons (Fsp3) is 0.391. The first-order chi connectivity index (χ1) is 17.3. The summed E-state index contributed by atoms with van der Waals surface area (Å²) in [5, 5.41) is 13.0. The van der Waals surface area contributed by atoms with Crippen molar-refractivity contribution in [3.05, 3.63) is 42.4 Å². The number of hydrogen-bond donors (Lipinski definition) is 3. The number of rotatable bonds is 10. The topological polar surface area (TPSA) is 152 Å². The molecule has 2 heterocycles. The number of anilines is 1. The van der Waals surface area contributed by atoms with Crippen LogP contribution in [0.2, 0.25) is 25.7 Å². The maximum atomic E-state index is 14.0. The van der Waals surface area contributed by atoms with E-state index in [0.717, 1.165) is 15.7 Å². The molecule has 0 saturated heterocycles. The van der Waals surface area contributed by atoms with Crippen LogP contribution in [-0.2, 0) is 26.6 Å². The van der Waals surface area contributed by atoms with Gasteiger partial charge in [-0.2, -0.15) is 5.10 Å². The van der Waals surface area contributed by atoms with E-state index in [2.05, 4.69) is 40.6 Å². The largest absolute Gasteiger partial charge is 0.494 e. The third-order valence-corrected chi connectivity index (χ3v) is 8.87.